The van der Waals surface area contributed by atoms with E-state index in [9.17, 15) is 9.90 Å². The summed E-state index contributed by atoms with van der Waals surface area (Å²) in [6, 6.07) is 26.4. The Kier molecular flexibility index (Phi) is 5.85. The van der Waals surface area contributed by atoms with Gasteiger partial charge in [0.25, 0.3) is 0 Å². The molecule has 1 N–H and O–H groups in total. The van der Waals surface area contributed by atoms with Crippen molar-refractivity contribution in [2.75, 3.05) is 0 Å². The number of carboxylic acids is 1. The van der Waals surface area contributed by atoms with Crippen molar-refractivity contribution in [2.45, 2.75) is 32.1 Å². The molecular formula is C24H24O2. The molecule has 0 bridgehead atoms. The zero-order chi connectivity index (χ0) is 18.4. The summed E-state index contributed by atoms with van der Waals surface area (Å²) < 4.78 is 0. The molecule has 0 amide bonds. The van der Waals surface area contributed by atoms with Crippen molar-refractivity contribution in [1.82, 2.24) is 0 Å². The molecule has 0 saturated carbocycles. The Balaban J connectivity index is 2.04. The number of carboxylic acid groups (broad SMARTS) is 1. The Morgan fingerprint density at radius 1 is 0.885 bits per heavy atom. The van der Waals surface area contributed by atoms with E-state index in [2.05, 4.69) is 37.3 Å². The molecular weight excluding hydrogens is 320 g/mol. The summed E-state index contributed by atoms with van der Waals surface area (Å²) in [7, 11) is 0. The van der Waals surface area contributed by atoms with Gasteiger partial charge in [-0.05, 0) is 41.2 Å². The first-order valence-electron chi connectivity index (χ1n) is 9.14. The van der Waals surface area contributed by atoms with Crippen LogP contribution in [0.1, 0.15) is 51.9 Å². The summed E-state index contributed by atoms with van der Waals surface area (Å²) >= 11 is 0. The van der Waals surface area contributed by atoms with Gasteiger partial charge in [0.1, 0.15) is 0 Å². The van der Waals surface area contributed by atoms with Crippen LogP contribution in [-0.4, -0.2) is 11.1 Å². The van der Waals surface area contributed by atoms with Crippen molar-refractivity contribution in [1.29, 1.82) is 0 Å². The Labute approximate surface area is 155 Å². The molecule has 0 fully saturated rings. The van der Waals surface area contributed by atoms with E-state index in [-0.39, 0.29) is 5.92 Å². The molecule has 0 radical (unpaired) electrons. The fourth-order valence-corrected chi connectivity index (χ4v) is 3.49. The quantitative estimate of drug-likeness (QED) is 0.596. The molecule has 3 aromatic rings. The fraction of sp³-hybridized carbons (Fsp3) is 0.208. The molecule has 132 valence electrons. The van der Waals surface area contributed by atoms with Gasteiger partial charge in [-0.2, -0.15) is 0 Å². The third-order valence-corrected chi connectivity index (χ3v) is 4.77. The summed E-state index contributed by atoms with van der Waals surface area (Å²) in [6.45, 7) is 2.14. The van der Waals surface area contributed by atoms with Crippen LogP contribution < -0.4 is 0 Å². The Morgan fingerprint density at radius 2 is 1.46 bits per heavy atom. The van der Waals surface area contributed by atoms with Crippen LogP contribution in [0.5, 0.6) is 0 Å². The van der Waals surface area contributed by atoms with E-state index in [0.717, 1.165) is 18.4 Å². The van der Waals surface area contributed by atoms with Crippen molar-refractivity contribution in [3.63, 3.8) is 0 Å². The minimum absolute atomic E-state index is 0.132. The van der Waals surface area contributed by atoms with Crippen molar-refractivity contribution in [3.05, 3.63) is 107 Å². The summed E-state index contributed by atoms with van der Waals surface area (Å²) in [6.07, 6.45) is 2.69. The van der Waals surface area contributed by atoms with Crippen LogP contribution in [0.25, 0.3) is 0 Å². The molecule has 0 aromatic heterocycles. The molecule has 0 aliphatic rings. The predicted molar refractivity (Wildman–Crippen MR) is 106 cm³/mol. The highest BCUT2D eigenvalue weighted by atomic mass is 16.4. The van der Waals surface area contributed by atoms with Crippen LogP contribution in [0.4, 0.5) is 0 Å². The molecule has 26 heavy (non-hydrogen) atoms. The fourth-order valence-electron chi connectivity index (χ4n) is 3.49. The van der Waals surface area contributed by atoms with Crippen LogP contribution in [0.3, 0.4) is 0 Å². The smallest absolute Gasteiger partial charge is 0.335 e. The number of hydrogen-bond donors (Lipinski definition) is 1. The molecule has 0 spiro atoms. The van der Waals surface area contributed by atoms with E-state index in [0.29, 0.717) is 12.0 Å². The zero-order valence-electron chi connectivity index (χ0n) is 15.1. The second kappa shape index (κ2) is 8.48. The van der Waals surface area contributed by atoms with Gasteiger partial charge in [0.15, 0.2) is 0 Å². The molecule has 0 saturated heterocycles. The SMILES string of the molecule is CCCc1ccc(C(=O)O)c(CC(c2ccccc2)c2ccccc2)c1. The first-order chi connectivity index (χ1) is 12.7. The lowest BCUT2D eigenvalue weighted by atomic mass is 9.84. The summed E-state index contributed by atoms with van der Waals surface area (Å²) in [5.41, 5.74) is 4.92. The maximum Gasteiger partial charge on any atom is 0.335 e. The lowest BCUT2D eigenvalue weighted by Crippen LogP contribution is -2.10. The predicted octanol–water partition coefficient (Wildman–Crippen LogP) is 5.71. The first kappa shape index (κ1) is 17.9. The molecule has 3 rings (SSSR count). The molecule has 3 aromatic carbocycles. The van der Waals surface area contributed by atoms with Gasteiger partial charge >= 0.3 is 5.97 Å². The van der Waals surface area contributed by atoms with Crippen LogP contribution in [0.2, 0.25) is 0 Å². The van der Waals surface area contributed by atoms with Crippen molar-refractivity contribution < 1.29 is 9.90 Å². The van der Waals surface area contributed by atoms with Crippen LogP contribution >= 0.6 is 0 Å². The summed E-state index contributed by atoms with van der Waals surface area (Å²) in [4.78, 5) is 11.7. The number of aromatic carboxylic acids is 1. The number of benzene rings is 3. The van der Waals surface area contributed by atoms with E-state index in [1.807, 2.05) is 42.5 Å². The van der Waals surface area contributed by atoms with Gasteiger partial charge in [-0.25, -0.2) is 4.79 Å². The summed E-state index contributed by atoms with van der Waals surface area (Å²) in [5.74, 6) is -0.727. The number of aryl methyl sites for hydroxylation is 1. The average molecular weight is 344 g/mol. The van der Waals surface area contributed by atoms with Crippen LogP contribution in [0, 0.1) is 0 Å². The third kappa shape index (κ3) is 4.20. The Hall–Kier alpha value is -2.87. The zero-order valence-corrected chi connectivity index (χ0v) is 15.1. The Bertz CT molecular complexity index is 814. The molecule has 0 heterocycles. The molecule has 0 atom stereocenters. The Morgan fingerprint density at radius 3 is 1.96 bits per heavy atom. The lowest BCUT2D eigenvalue weighted by Gasteiger charge is -2.20. The van der Waals surface area contributed by atoms with Gasteiger partial charge in [0, 0.05) is 5.92 Å². The number of hydrogen-bond acceptors (Lipinski definition) is 1. The highest BCUT2D eigenvalue weighted by Crippen LogP contribution is 2.30. The van der Waals surface area contributed by atoms with E-state index >= 15 is 0 Å². The van der Waals surface area contributed by atoms with Gasteiger partial charge in [0.05, 0.1) is 5.56 Å². The normalized spacial score (nSPS) is 10.8. The standard InChI is InChI=1S/C24H24O2/c1-2-9-18-14-15-22(24(25)26)21(16-18)17-23(19-10-5-3-6-11-19)20-12-7-4-8-13-20/h3-8,10-16,23H,2,9,17H2,1H3,(H,25,26). The van der Waals surface area contributed by atoms with Gasteiger partial charge < -0.3 is 5.11 Å². The van der Waals surface area contributed by atoms with Crippen LogP contribution in [-0.2, 0) is 12.8 Å². The van der Waals surface area contributed by atoms with Gasteiger partial charge in [0.2, 0.25) is 0 Å². The van der Waals surface area contributed by atoms with Gasteiger partial charge in [-0.3, -0.25) is 0 Å². The van der Waals surface area contributed by atoms with Gasteiger partial charge in [-0.1, -0.05) is 86.1 Å². The minimum atomic E-state index is -0.858. The van der Waals surface area contributed by atoms with E-state index in [4.69, 9.17) is 0 Å². The second-order valence-electron chi connectivity index (χ2n) is 6.62. The summed E-state index contributed by atoms with van der Waals surface area (Å²) in [5, 5.41) is 9.64. The van der Waals surface area contributed by atoms with Crippen molar-refractivity contribution >= 4 is 5.97 Å². The minimum Gasteiger partial charge on any atom is -0.478 e. The van der Waals surface area contributed by atoms with E-state index in [1.165, 1.54) is 16.7 Å². The topological polar surface area (TPSA) is 37.3 Å². The lowest BCUT2D eigenvalue weighted by molar-refractivity contribution is 0.0695. The monoisotopic (exact) mass is 344 g/mol. The molecule has 0 aliphatic carbocycles. The first-order valence-corrected chi connectivity index (χ1v) is 9.14. The van der Waals surface area contributed by atoms with Crippen molar-refractivity contribution in [2.24, 2.45) is 0 Å². The van der Waals surface area contributed by atoms with Crippen molar-refractivity contribution in [3.8, 4) is 0 Å². The molecule has 2 heteroatoms. The highest BCUT2D eigenvalue weighted by Gasteiger charge is 2.19. The second-order valence-corrected chi connectivity index (χ2v) is 6.62. The number of carbonyl (C=O) groups is 1. The van der Waals surface area contributed by atoms with E-state index in [1.54, 1.807) is 6.07 Å². The largest absolute Gasteiger partial charge is 0.478 e. The van der Waals surface area contributed by atoms with E-state index < -0.39 is 5.97 Å². The van der Waals surface area contributed by atoms with Gasteiger partial charge in [-0.15, -0.1) is 0 Å². The maximum absolute atomic E-state index is 11.7. The average Bonchev–Trinajstić information content (AvgIpc) is 2.68. The highest BCUT2D eigenvalue weighted by molar-refractivity contribution is 5.89. The molecule has 0 aliphatic heterocycles. The molecule has 0 unspecified atom stereocenters. The molecule has 2 nitrogen and oxygen atoms in total. The number of rotatable bonds is 7. The maximum atomic E-state index is 11.7. The van der Waals surface area contributed by atoms with Crippen LogP contribution in [0.15, 0.2) is 78.9 Å². The third-order valence-electron chi connectivity index (χ3n) is 4.77.